The number of hydrogen-bond donors (Lipinski definition) is 1. The van der Waals surface area contributed by atoms with Crippen molar-refractivity contribution in [1.82, 2.24) is 14.9 Å². The lowest BCUT2D eigenvalue weighted by atomic mass is 9.95. The number of rotatable bonds is 4. The molecule has 0 bridgehead atoms. The molecule has 1 unspecified atom stereocenters. The summed E-state index contributed by atoms with van der Waals surface area (Å²) < 4.78 is 7.64. The predicted molar refractivity (Wildman–Crippen MR) is 80.9 cm³/mol. The van der Waals surface area contributed by atoms with Crippen LogP contribution in [0.1, 0.15) is 43.5 Å². The summed E-state index contributed by atoms with van der Waals surface area (Å²) in [7, 11) is 0. The molecule has 0 aromatic carbocycles. The van der Waals surface area contributed by atoms with E-state index in [0.717, 1.165) is 30.9 Å². The number of carbonyl (C=O) groups is 1. The molecule has 1 aliphatic rings. The van der Waals surface area contributed by atoms with E-state index in [0.29, 0.717) is 6.54 Å². The molecule has 1 atom stereocenters. The molecule has 5 heteroatoms. The number of carbonyl (C=O) groups excluding carboxylic acids is 1. The third kappa shape index (κ3) is 2.37. The minimum atomic E-state index is 0.00457. The first-order valence-electron chi connectivity index (χ1n) is 7.52. The lowest BCUT2D eigenvalue weighted by Crippen LogP contribution is -2.25. The van der Waals surface area contributed by atoms with E-state index in [2.05, 4.69) is 19.2 Å². The maximum atomic E-state index is 11.2. The highest BCUT2D eigenvalue weighted by Crippen LogP contribution is 2.35. The van der Waals surface area contributed by atoms with E-state index < -0.39 is 0 Å². The van der Waals surface area contributed by atoms with Gasteiger partial charge < -0.3 is 10.1 Å². The Morgan fingerprint density at radius 1 is 1.57 bits per heavy atom. The van der Waals surface area contributed by atoms with Crippen LogP contribution in [0, 0.1) is 0 Å². The van der Waals surface area contributed by atoms with Gasteiger partial charge in [0.1, 0.15) is 5.75 Å². The predicted octanol–water partition coefficient (Wildman–Crippen LogP) is 2.07. The average Bonchev–Trinajstić information content (AvgIpc) is 3.07. The number of aromatic nitrogens is 2. The summed E-state index contributed by atoms with van der Waals surface area (Å²) in [5.41, 5.74) is 4.76. The van der Waals surface area contributed by atoms with Gasteiger partial charge in [-0.25, -0.2) is 4.52 Å². The van der Waals surface area contributed by atoms with Crippen LogP contribution >= 0.6 is 0 Å². The lowest BCUT2D eigenvalue weighted by Gasteiger charge is -2.13. The van der Waals surface area contributed by atoms with Gasteiger partial charge in [-0.05, 0) is 12.5 Å². The smallest absolute Gasteiger partial charge is 0.216 e. The SMILES string of the molecule is CCc1nn2ccc3c(c2c1C(C)CNC(C)=O)CCO3. The highest BCUT2D eigenvalue weighted by atomic mass is 16.5. The number of hydrogen-bond acceptors (Lipinski definition) is 3. The van der Waals surface area contributed by atoms with E-state index in [1.165, 1.54) is 16.6 Å². The van der Waals surface area contributed by atoms with Crippen LogP contribution in [-0.4, -0.2) is 28.7 Å². The first-order chi connectivity index (χ1) is 10.1. The molecule has 0 fully saturated rings. The van der Waals surface area contributed by atoms with Gasteiger partial charge in [0.2, 0.25) is 5.91 Å². The summed E-state index contributed by atoms with van der Waals surface area (Å²) >= 11 is 0. The fourth-order valence-corrected chi connectivity index (χ4v) is 3.08. The van der Waals surface area contributed by atoms with Crippen molar-refractivity contribution in [2.24, 2.45) is 0 Å². The highest BCUT2D eigenvalue weighted by Gasteiger charge is 2.24. The van der Waals surface area contributed by atoms with E-state index in [9.17, 15) is 4.79 Å². The van der Waals surface area contributed by atoms with Gasteiger partial charge in [0, 0.05) is 43.1 Å². The molecule has 0 saturated carbocycles. The third-order valence-electron chi connectivity index (χ3n) is 4.07. The van der Waals surface area contributed by atoms with E-state index in [4.69, 9.17) is 9.84 Å². The zero-order valence-corrected chi connectivity index (χ0v) is 12.8. The zero-order chi connectivity index (χ0) is 15.0. The second-order valence-electron chi connectivity index (χ2n) is 5.60. The molecule has 1 aliphatic heterocycles. The van der Waals surface area contributed by atoms with Crippen LogP contribution in [0.4, 0.5) is 0 Å². The Balaban J connectivity index is 2.10. The molecular weight excluding hydrogens is 266 g/mol. The molecular formula is C16H21N3O2. The Hall–Kier alpha value is -2.04. The maximum Gasteiger partial charge on any atom is 0.216 e. The van der Waals surface area contributed by atoms with Crippen molar-refractivity contribution < 1.29 is 9.53 Å². The molecule has 21 heavy (non-hydrogen) atoms. The van der Waals surface area contributed by atoms with Gasteiger partial charge in [-0.15, -0.1) is 0 Å². The number of amides is 1. The molecule has 2 aromatic heterocycles. The number of nitrogens with one attached hydrogen (secondary N) is 1. The number of aryl methyl sites for hydroxylation is 1. The largest absolute Gasteiger partial charge is 0.493 e. The Morgan fingerprint density at radius 3 is 3.10 bits per heavy atom. The second kappa shape index (κ2) is 5.39. The van der Waals surface area contributed by atoms with Gasteiger partial charge in [0.05, 0.1) is 17.8 Å². The Morgan fingerprint density at radius 2 is 2.38 bits per heavy atom. The minimum absolute atomic E-state index is 0.00457. The summed E-state index contributed by atoms with van der Waals surface area (Å²) in [6, 6.07) is 1.99. The summed E-state index contributed by atoms with van der Waals surface area (Å²) in [5.74, 6) is 1.21. The van der Waals surface area contributed by atoms with E-state index in [-0.39, 0.29) is 11.8 Å². The van der Waals surface area contributed by atoms with Crippen molar-refractivity contribution >= 4 is 11.4 Å². The third-order valence-corrected chi connectivity index (χ3v) is 4.07. The maximum absolute atomic E-state index is 11.2. The van der Waals surface area contributed by atoms with Crippen molar-refractivity contribution in [3.05, 3.63) is 29.1 Å². The average molecular weight is 287 g/mol. The molecule has 1 amide bonds. The standard InChI is InChI=1S/C16H21N3O2/c1-4-13-15(10(2)9-17-11(3)20)16-12-6-8-21-14(12)5-7-19(16)18-13/h5,7,10H,4,6,8-9H2,1-3H3,(H,17,20). The van der Waals surface area contributed by atoms with Gasteiger partial charge in [0.25, 0.3) is 0 Å². The van der Waals surface area contributed by atoms with Crippen molar-refractivity contribution in [2.45, 2.75) is 39.5 Å². The molecule has 2 aromatic rings. The normalized spacial score (nSPS) is 14.8. The Kier molecular flexibility index (Phi) is 3.57. The molecule has 0 spiro atoms. The van der Waals surface area contributed by atoms with Crippen LogP contribution in [0.25, 0.3) is 5.52 Å². The zero-order valence-electron chi connectivity index (χ0n) is 12.8. The molecule has 3 rings (SSSR count). The van der Waals surface area contributed by atoms with Crippen LogP contribution in [0.3, 0.4) is 0 Å². The topological polar surface area (TPSA) is 55.6 Å². The molecule has 1 N–H and O–H groups in total. The number of nitrogens with zero attached hydrogens (tertiary/aromatic N) is 2. The molecule has 0 radical (unpaired) electrons. The van der Waals surface area contributed by atoms with Crippen molar-refractivity contribution in [3.63, 3.8) is 0 Å². The van der Waals surface area contributed by atoms with Gasteiger partial charge in [-0.3, -0.25) is 4.79 Å². The first kappa shape index (κ1) is 13.9. The van der Waals surface area contributed by atoms with Gasteiger partial charge in [-0.2, -0.15) is 5.10 Å². The number of ether oxygens (including phenoxy) is 1. The Labute approximate surface area is 124 Å². The summed E-state index contributed by atoms with van der Waals surface area (Å²) in [5, 5.41) is 7.62. The fraction of sp³-hybridized carbons (Fsp3) is 0.500. The summed E-state index contributed by atoms with van der Waals surface area (Å²) in [6.07, 6.45) is 3.78. The van der Waals surface area contributed by atoms with Crippen molar-refractivity contribution in [1.29, 1.82) is 0 Å². The van der Waals surface area contributed by atoms with Crippen molar-refractivity contribution in [3.8, 4) is 5.75 Å². The van der Waals surface area contributed by atoms with E-state index >= 15 is 0 Å². The minimum Gasteiger partial charge on any atom is -0.493 e. The van der Waals surface area contributed by atoms with Crippen LogP contribution in [0.15, 0.2) is 12.3 Å². The van der Waals surface area contributed by atoms with Crippen LogP contribution in [0.2, 0.25) is 0 Å². The lowest BCUT2D eigenvalue weighted by molar-refractivity contribution is -0.119. The van der Waals surface area contributed by atoms with Crippen molar-refractivity contribution in [2.75, 3.05) is 13.2 Å². The first-order valence-corrected chi connectivity index (χ1v) is 7.52. The molecule has 112 valence electrons. The van der Waals surface area contributed by atoms with Crippen LogP contribution in [0.5, 0.6) is 5.75 Å². The van der Waals surface area contributed by atoms with E-state index in [1.807, 2.05) is 16.8 Å². The van der Waals surface area contributed by atoms with Gasteiger partial charge in [0.15, 0.2) is 0 Å². The monoisotopic (exact) mass is 287 g/mol. The van der Waals surface area contributed by atoms with Crippen LogP contribution < -0.4 is 10.1 Å². The number of pyridine rings is 1. The van der Waals surface area contributed by atoms with E-state index in [1.54, 1.807) is 6.92 Å². The Bertz CT molecular complexity index is 690. The molecule has 0 aliphatic carbocycles. The fourth-order valence-electron chi connectivity index (χ4n) is 3.08. The highest BCUT2D eigenvalue weighted by molar-refractivity contribution is 5.73. The summed E-state index contributed by atoms with van der Waals surface area (Å²) in [4.78, 5) is 11.2. The van der Waals surface area contributed by atoms with Gasteiger partial charge in [-0.1, -0.05) is 13.8 Å². The summed E-state index contributed by atoms with van der Waals surface area (Å²) in [6.45, 7) is 7.18. The number of fused-ring (bicyclic) bond motifs is 3. The second-order valence-corrected chi connectivity index (χ2v) is 5.60. The quantitative estimate of drug-likeness (QED) is 0.936. The van der Waals surface area contributed by atoms with Gasteiger partial charge >= 0.3 is 0 Å². The van der Waals surface area contributed by atoms with Crippen LogP contribution in [-0.2, 0) is 17.6 Å². The molecule has 5 nitrogen and oxygen atoms in total. The molecule has 3 heterocycles. The molecule has 0 saturated heterocycles.